The normalized spacial score (nSPS) is 10.4. The van der Waals surface area contributed by atoms with E-state index in [0.29, 0.717) is 10.9 Å². The first kappa shape index (κ1) is 13.3. The summed E-state index contributed by atoms with van der Waals surface area (Å²) < 4.78 is 26.6. The van der Waals surface area contributed by atoms with Gasteiger partial charge in [-0.3, -0.25) is 14.9 Å². The van der Waals surface area contributed by atoms with Crippen LogP contribution in [0.15, 0.2) is 29.6 Å². The number of hydrogen-bond donors (Lipinski definition) is 0. The second kappa shape index (κ2) is 5.23. The van der Waals surface area contributed by atoms with Crippen molar-refractivity contribution in [3.8, 4) is 0 Å². The van der Waals surface area contributed by atoms with Crippen molar-refractivity contribution in [1.29, 1.82) is 0 Å². The molecule has 0 saturated heterocycles. The molecule has 2 aromatic rings. The molecule has 0 saturated carbocycles. The van der Waals surface area contributed by atoms with E-state index in [2.05, 4.69) is 0 Å². The summed E-state index contributed by atoms with van der Waals surface area (Å²) in [5.74, 6) is -2.59. The third-order valence-corrected chi connectivity index (χ3v) is 3.37. The molecule has 0 fully saturated rings. The molecular formula is C12H7F2NO3S. The summed E-state index contributed by atoms with van der Waals surface area (Å²) in [5, 5.41) is 12.3. The zero-order chi connectivity index (χ0) is 14.0. The van der Waals surface area contributed by atoms with E-state index in [1.54, 1.807) is 17.5 Å². The predicted molar refractivity (Wildman–Crippen MR) is 65.4 cm³/mol. The van der Waals surface area contributed by atoms with Gasteiger partial charge in [0, 0.05) is 24.1 Å². The lowest BCUT2D eigenvalue weighted by molar-refractivity contribution is -0.387. The maximum absolute atomic E-state index is 13.5. The van der Waals surface area contributed by atoms with Crippen molar-refractivity contribution in [1.82, 2.24) is 0 Å². The van der Waals surface area contributed by atoms with E-state index < -0.39 is 22.2 Å². The second-order valence-electron chi connectivity index (χ2n) is 3.73. The Morgan fingerprint density at radius 1 is 1.32 bits per heavy atom. The summed E-state index contributed by atoms with van der Waals surface area (Å²) in [6, 6.07) is 4.43. The number of nitrogens with zero attached hydrogens (tertiary/aromatic N) is 1. The van der Waals surface area contributed by atoms with E-state index in [4.69, 9.17) is 0 Å². The van der Waals surface area contributed by atoms with Gasteiger partial charge in [-0.1, -0.05) is 6.07 Å². The number of carbonyl (C=O) groups is 1. The first-order valence-electron chi connectivity index (χ1n) is 5.18. The molecule has 1 aromatic carbocycles. The average Bonchev–Trinajstić information content (AvgIpc) is 2.85. The number of Topliss-reactive ketones (excluding diaryl/α,β-unsaturated/α-hetero) is 1. The number of benzene rings is 1. The molecule has 1 aromatic heterocycles. The molecule has 0 amide bonds. The van der Waals surface area contributed by atoms with Crippen LogP contribution in [0.25, 0.3) is 0 Å². The van der Waals surface area contributed by atoms with Crippen LogP contribution in [0, 0.1) is 21.7 Å². The Morgan fingerprint density at radius 3 is 2.63 bits per heavy atom. The van der Waals surface area contributed by atoms with Gasteiger partial charge < -0.3 is 0 Å². The van der Waals surface area contributed by atoms with Crippen molar-refractivity contribution in [2.24, 2.45) is 0 Å². The average molecular weight is 283 g/mol. The summed E-state index contributed by atoms with van der Waals surface area (Å²) in [6.45, 7) is 0. The Labute approximate surface area is 110 Å². The van der Waals surface area contributed by atoms with Gasteiger partial charge in [0.05, 0.1) is 9.80 Å². The lowest BCUT2D eigenvalue weighted by atomic mass is 10.1. The molecule has 7 heteroatoms. The standard InChI is InChI=1S/C12H7F2NO3S/c13-8-6-9(14)10(15(17)18)4-7(8)5-11(16)12-2-1-3-19-12/h1-4,6H,5H2. The number of rotatable bonds is 4. The largest absolute Gasteiger partial charge is 0.305 e. The first-order valence-corrected chi connectivity index (χ1v) is 6.06. The maximum Gasteiger partial charge on any atom is 0.305 e. The Kier molecular flexibility index (Phi) is 3.66. The minimum absolute atomic E-state index is 0.188. The Hall–Kier alpha value is -2.15. The SMILES string of the molecule is O=C(Cc1cc([N+](=O)[O-])c(F)cc1F)c1cccs1. The smallest absolute Gasteiger partial charge is 0.293 e. The van der Waals surface area contributed by atoms with Crippen LogP contribution in [0.1, 0.15) is 15.2 Å². The van der Waals surface area contributed by atoms with Crippen molar-refractivity contribution in [3.05, 3.63) is 61.8 Å². The number of halogens is 2. The topological polar surface area (TPSA) is 60.2 Å². The van der Waals surface area contributed by atoms with Crippen LogP contribution in [0.2, 0.25) is 0 Å². The quantitative estimate of drug-likeness (QED) is 0.491. The number of ketones is 1. The van der Waals surface area contributed by atoms with Crippen LogP contribution in [-0.4, -0.2) is 10.7 Å². The Morgan fingerprint density at radius 2 is 2.05 bits per heavy atom. The van der Waals surface area contributed by atoms with Gasteiger partial charge in [0.1, 0.15) is 5.82 Å². The van der Waals surface area contributed by atoms with E-state index in [9.17, 15) is 23.7 Å². The summed E-state index contributed by atoms with van der Waals surface area (Å²) in [5.41, 5.74) is -1.03. The van der Waals surface area contributed by atoms with Gasteiger partial charge in [-0.05, 0) is 11.4 Å². The second-order valence-corrected chi connectivity index (χ2v) is 4.68. The molecule has 2 rings (SSSR count). The summed E-state index contributed by atoms with van der Waals surface area (Å²) in [7, 11) is 0. The number of nitro groups is 1. The van der Waals surface area contributed by atoms with Crippen LogP contribution in [0.5, 0.6) is 0 Å². The van der Waals surface area contributed by atoms with E-state index in [1.165, 1.54) is 11.3 Å². The van der Waals surface area contributed by atoms with Crippen molar-refractivity contribution in [2.75, 3.05) is 0 Å². The van der Waals surface area contributed by atoms with Crippen LogP contribution in [0.4, 0.5) is 14.5 Å². The van der Waals surface area contributed by atoms with Gasteiger partial charge in [-0.25, -0.2) is 4.39 Å². The first-order chi connectivity index (χ1) is 8.99. The molecular weight excluding hydrogens is 276 g/mol. The molecule has 0 spiro atoms. The van der Waals surface area contributed by atoms with Crippen LogP contribution < -0.4 is 0 Å². The highest BCUT2D eigenvalue weighted by Gasteiger charge is 2.20. The van der Waals surface area contributed by atoms with E-state index in [0.717, 1.165) is 6.07 Å². The molecule has 0 atom stereocenters. The minimum Gasteiger partial charge on any atom is -0.293 e. The molecule has 0 aliphatic carbocycles. The number of nitro benzene ring substituents is 1. The van der Waals surface area contributed by atoms with Crippen LogP contribution >= 0.6 is 11.3 Å². The third-order valence-electron chi connectivity index (χ3n) is 2.46. The summed E-state index contributed by atoms with van der Waals surface area (Å²) in [6.07, 6.45) is -0.340. The van der Waals surface area contributed by atoms with Crippen molar-refractivity contribution in [2.45, 2.75) is 6.42 Å². The lowest BCUT2D eigenvalue weighted by Crippen LogP contribution is -2.05. The fraction of sp³-hybridized carbons (Fsp3) is 0.0833. The third kappa shape index (κ3) is 2.82. The minimum atomic E-state index is -1.25. The fourth-order valence-electron chi connectivity index (χ4n) is 1.55. The van der Waals surface area contributed by atoms with Crippen molar-refractivity contribution in [3.63, 3.8) is 0 Å². The molecule has 0 bridgehead atoms. The van der Waals surface area contributed by atoms with Gasteiger partial charge in [0.2, 0.25) is 5.82 Å². The predicted octanol–water partition coefficient (Wildman–Crippen LogP) is 3.36. The van der Waals surface area contributed by atoms with Gasteiger partial charge in [0.15, 0.2) is 5.78 Å². The molecule has 98 valence electrons. The van der Waals surface area contributed by atoms with E-state index in [-0.39, 0.29) is 17.8 Å². The maximum atomic E-state index is 13.5. The molecule has 0 radical (unpaired) electrons. The molecule has 1 heterocycles. The molecule has 0 N–H and O–H groups in total. The molecule has 0 aliphatic rings. The monoisotopic (exact) mass is 283 g/mol. The Bertz CT molecular complexity index is 641. The van der Waals surface area contributed by atoms with Gasteiger partial charge in [-0.2, -0.15) is 4.39 Å². The molecule has 0 unspecified atom stereocenters. The van der Waals surface area contributed by atoms with Crippen molar-refractivity contribution >= 4 is 22.8 Å². The number of thiophene rings is 1. The zero-order valence-corrected chi connectivity index (χ0v) is 10.2. The number of hydrogen-bond acceptors (Lipinski definition) is 4. The highest BCUT2D eigenvalue weighted by molar-refractivity contribution is 7.12. The fourth-order valence-corrected chi connectivity index (χ4v) is 2.22. The van der Waals surface area contributed by atoms with Gasteiger partial charge >= 0.3 is 5.69 Å². The van der Waals surface area contributed by atoms with Crippen molar-refractivity contribution < 1.29 is 18.5 Å². The Balaban J connectivity index is 2.32. The highest BCUT2D eigenvalue weighted by atomic mass is 32.1. The summed E-state index contributed by atoms with van der Waals surface area (Å²) in [4.78, 5) is 21.8. The van der Waals surface area contributed by atoms with Gasteiger partial charge in [0.25, 0.3) is 0 Å². The number of carbonyl (C=O) groups excluding carboxylic acids is 1. The summed E-state index contributed by atoms with van der Waals surface area (Å²) >= 11 is 1.19. The highest BCUT2D eigenvalue weighted by Crippen LogP contribution is 2.23. The molecule has 0 aliphatic heterocycles. The van der Waals surface area contributed by atoms with E-state index in [1.807, 2.05) is 0 Å². The van der Waals surface area contributed by atoms with Crippen LogP contribution in [0.3, 0.4) is 0 Å². The van der Waals surface area contributed by atoms with Gasteiger partial charge in [-0.15, -0.1) is 11.3 Å². The van der Waals surface area contributed by atoms with E-state index >= 15 is 0 Å². The lowest BCUT2D eigenvalue weighted by Gasteiger charge is -2.02. The van der Waals surface area contributed by atoms with Crippen LogP contribution in [-0.2, 0) is 6.42 Å². The molecule has 4 nitrogen and oxygen atoms in total. The zero-order valence-electron chi connectivity index (χ0n) is 9.43. The molecule has 19 heavy (non-hydrogen) atoms.